The number of carbonyl (C=O) groups is 2. The van der Waals surface area contributed by atoms with E-state index in [0.29, 0.717) is 24.9 Å². The van der Waals surface area contributed by atoms with Crippen molar-refractivity contribution in [1.82, 2.24) is 10.6 Å². The van der Waals surface area contributed by atoms with Crippen LogP contribution in [-0.4, -0.2) is 35.1 Å². The molecular weight excluding hydrogens is 208 g/mol. The Labute approximate surface area is 96.6 Å². The molecule has 16 heavy (non-hydrogen) atoms. The SMILES string of the molecule is CC(C)NC(C)C.O=C1CC[C@@H](C(=O)O)N1. The Bertz CT molecular complexity index is 233. The van der Waals surface area contributed by atoms with Crippen molar-refractivity contribution in [3.05, 3.63) is 0 Å². The Morgan fingerprint density at radius 1 is 1.38 bits per heavy atom. The predicted octanol–water partition coefficient (Wildman–Crippen LogP) is 0.742. The number of aliphatic carboxylic acids is 1. The molecule has 1 amide bonds. The van der Waals surface area contributed by atoms with E-state index in [4.69, 9.17) is 5.11 Å². The minimum Gasteiger partial charge on any atom is -0.480 e. The number of carboxylic acid groups (broad SMARTS) is 1. The van der Waals surface area contributed by atoms with Crippen molar-refractivity contribution in [2.24, 2.45) is 0 Å². The van der Waals surface area contributed by atoms with Crippen LogP contribution in [0.5, 0.6) is 0 Å². The van der Waals surface area contributed by atoms with Gasteiger partial charge in [-0.05, 0) is 6.42 Å². The highest BCUT2D eigenvalue weighted by molar-refractivity contribution is 5.87. The lowest BCUT2D eigenvalue weighted by Crippen LogP contribution is -2.32. The van der Waals surface area contributed by atoms with Crippen LogP contribution in [0.2, 0.25) is 0 Å². The Kier molecular flexibility index (Phi) is 6.72. The third-order valence-electron chi connectivity index (χ3n) is 1.96. The molecule has 1 saturated heterocycles. The molecule has 0 spiro atoms. The number of nitrogens with one attached hydrogen (secondary N) is 2. The number of carbonyl (C=O) groups excluding carboxylic acids is 1. The fourth-order valence-electron chi connectivity index (χ4n) is 1.47. The minimum absolute atomic E-state index is 0.164. The molecule has 0 aromatic heterocycles. The second kappa shape index (κ2) is 7.22. The van der Waals surface area contributed by atoms with Gasteiger partial charge in [-0.2, -0.15) is 0 Å². The van der Waals surface area contributed by atoms with Crippen LogP contribution >= 0.6 is 0 Å². The first-order valence-electron chi connectivity index (χ1n) is 5.61. The van der Waals surface area contributed by atoms with Crippen LogP contribution in [0.3, 0.4) is 0 Å². The van der Waals surface area contributed by atoms with Gasteiger partial charge in [-0.15, -0.1) is 0 Å². The van der Waals surface area contributed by atoms with Crippen molar-refractivity contribution < 1.29 is 14.7 Å². The summed E-state index contributed by atoms with van der Waals surface area (Å²) in [6.45, 7) is 8.61. The zero-order valence-electron chi connectivity index (χ0n) is 10.4. The highest BCUT2D eigenvalue weighted by Gasteiger charge is 2.26. The molecular formula is C11H22N2O3. The van der Waals surface area contributed by atoms with Crippen molar-refractivity contribution in [1.29, 1.82) is 0 Å². The quantitative estimate of drug-likeness (QED) is 0.668. The van der Waals surface area contributed by atoms with Crippen LogP contribution in [0, 0.1) is 0 Å². The zero-order chi connectivity index (χ0) is 12.7. The van der Waals surface area contributed by atoms with Gasteiger partial charge in [-0.3, -0.25) is 4.79 Å². The van der Waals surface area contributed by atoms with E-state index in [1.165, 1.54) is 0 Å². The third-order valence-corrected chi connectivity index (χ3v) is 1.96. The summed E-state index contributed by atoms with van der Waals surface area (Å²) in [7, 11) is 0. The molecule has 0 aromatic rings. The lowest BCUT2D eigenvalue weighted by atomic mass is 10.2. The Morgan fingerprint density at radius 3 is 2.00 bits per heavy atom. The molecule has 0 saturated carbocycles. The molecule has 0 bridgehead atoms. The van der Waals surface area contributed by atoms with Crippen molar-refractivity contribution in [3.8, 4) is 0 Å². The standard InChI is InChI=1S/C6H15N.C5H7NO3/c1-5(2)7-6(3)4;7-4-2-1-3(6-4)5(8)9/h5-7H,1-4H3;3H,1-2H2,(H,6,7)(H,8,9)/t;3-/m.0/s1. The van der Waals surface area contributed by atoms with E-state index in [1.54, 1.807) is 0 Å². The molecule has 1 atom stereocenters. The molecule has 5 nitrogen and oxygen atoms in total. The number of amides is 1. The molecule has 0 aliphatic carbocycles. The van der Waals surface area contributed by atoms with Gasteiger partial charge in [0.2, 0.25) is 5.91 Å². The lowest BCUT2D eigenvalue weighted by molar-refractivity contribution is -0.140. The number of rotatable bonds is 3. The van der Waals surface area contributed by atoms with Crippen LogP contribution in [0.1, 0.15) is 40.5 Å². The van der Waals surface area contributed by atoms with E-state index in [9.17, 15) is 9.59 Å². The Hall–Kier alpha value is -1.10. The van der Waals surface area contributed by atoms with Crippen molar-refractivity contribution in [2.45, 2.75) is 58.7 Å². The van der Waals surface area contributed by atoms with E-state index < -0.39 is 12.0 Å². The number of hydrogen-bond acceptors (Lipinski definition) is 3. The van der Waals surface area contributed by atoms with Crippen molar-refractivity contribution in [2.75, 3.05) is 0 Å². The highest BCUT2D eigenvalue weighted by Crippen LogP contribution is 2.05. The number of hydrogen-bond donors (Lipinski definition) is 3. The summed E-state index contributed by atoms with van der Waals surface area (Å²) in [5.41, 5.74) is 0. The van der Waals surface area contributed by atoms with Gasteiger partial charge < -0.3 is 15.7 Å². The van der Waals surface area contributed by atoms with Crippen LogP contribution in [0.25, 0.3) is 0 Å². The number of carboxylic acids is 1. The first-order valence-corrected chi connectivity index (χ1v) is 5.61. The van der Waals surface area contributed by atoms with Gasteiger partial charge in [-0.1, -0.05) is 27.7 Å². The summed E-state index contributed by atoms with van der Waals surface area (Å²) in [5.74, 6) is -1.11. The van der Waals surface area contributed by atoms with E-state index in [-0.39, 0.29) is 5.91 Å². The fourth-order valence-corrected chi connectivity index (χ4v) is 1.47. The fraction of sp³-hybridized carbons (Fsp3) is 0.818. The minimum atomic E-state index is -0.944. The summed E-state index contributed by atoms with van der Waals surface area (Å²) in [4.78, 5) is 20.5. The van der Waals surface area contributed by atoms with Crippen LogP contribution in [-0.2, 0) is 9.59 Å². The average Bonchev–Trinajstić information content (AvgIpc) is 2.50. The first kappa shape index (κ1) is 14.9. The normalized spacial score (nSPS) is 19.4. The van der Waals surface area contributed by atoms with E-state index in [0.717, 1.165) is 0 Å². The summed E-state index contributed by atoms with van der Waals surface area (Å²) >= 11 is 0. The zero-order valence-corrected chi connectivity index (χ0v) is 10.4. The molecule has 1 fully saturated rings. The molecule has 1 aliphatic rings. The van der Waals surface area contributed by atoms with Gasteiger partial charge >= 0.3 is 5.97 Å². The molecule has 1 heterocycles. The summed E-state index contributed by atoms with van der Waals surface area (Å²) in [5, 5.41) is 13.9. The van der Waals surface area contributed by atoms with Gasteiger partial charge in [-0.25, -0.2) is 4.79 Å². The van der Waals surface area contributed by atoms with Gasteiger partial charge in [0.05, 0.1) is 0 Å². The highest BCUT2D eigenvalue weighted by atomic mass is 16.4. The molecule has 3 N–H and O–H groups in total. The van der Waals surface area contributed by atoms with Gasteiger partial charge in [0.1, 0.15) is 6.04 Å². The largest absolute Gasteiger partial charge is 0.480 e. The average molecular weight is 230 g/mol. The van der Waals surface area contributed by atoms with E-state index >= 15 is 0 Å². The van der Waals surface area contributed by atoms with Crippen molar-refractivity contribution in [3.63, 3.8) is 0 Å². The molecule has 0 unspecified atom stereocenters. The molecule has 0 aromatic carbocycles. The van der Waals surface area contributed by atoms with Crippen molar-refractivity contribution >= 4 is 11.9 Å². The first-order chi connectivity index (χ1) is 7.32. The Balaban J connectivity index is 0.000000293. The van der Waals surface area contributed by atoms with Gasteiger partial charge in [0.15, 0.2) is 0 Å². The van der Waals surface area contributed by atoms with Gasteiger partial charge in [0, 0.05) is 18.5 Å². The summed E-state index contributed by atoms with van der Waals surface area (Å²) < 4.78 is 0. The molecule has 1 rings (SSSR count). The third kappa shape index (κ3) is 7.23. The van der Waals surface area contributed by atoms with E-state index in [2.05, 4.69) is 38.3 Å². The lowest BCUT2D eigenvalue weighted by Gasteiger charge is -2.10. The molecule has 5 heteroatoms. The maximum absolute atomic E-state index is 10.4. The topological polar surface area (TPSA) is 78.4 Å². The predicted molar refractivity (Wildman–Crippen MR) is 62.2 cm³/mol. The second-order valence-electron chi connectivity index (χ2n) is 4.47. The monoisotopic (exact) mass is 230 g/mol. The van der Waals surface area contributed by atoms with Gasteiger partial charge in [0.25, 0.3) is 0 Å². The summed E-state index contributed by atoms with van der Waals surface area (Å²) in [6, 6.07) is 0.609. The smallest absolute Gasteiger partial charge is 0.326 e. The maximum atomic E-state index is 10.4. The molecule has 1 aliphatic heterocycles. The van der Waals surface area contributed by atoms with E-state index in [1.807, 2.05) is 0 Å². The molecule has 94 valence electrons. The summed E-state index contributed by atoms with van der Waals surface area (Å²) in [6.07, 6.45) is 0.769. The van der Waals surface area contributed by atoms with Crippen LogP contribution in [0.15, 0.2) is 0 Å². The second-order valence-corrected chi connectivity index (χ2v) is 4.47. The van der Waals surface area contributed by atoms with Crippen LogP contribution in [0.4, 0.5) is 0 Å². The molecule has 0 radical (unpaired) electrons. The van der Waals surface area contributed by atoms with Crippen LogP contribution < -0.4 is 10.6 Å². The maximum Gasteiger partial charge on any atom is 0.326 e. The Morgan fingerprint density at radius 2 is 1.88 bits per heavy atom.